The Bertz CT molecular complexity index is 488. The number of aromatic nitrogens is 2. The molecule has 5 heteroatoms. The molecule has 0 saturated heterocycles. The van der Waals surface area contributed by atoms with E-state index >= 15 is 0 Å². The van der Waals surface area contributed by atoms with E-state index in [-0.39, 0.29) is 0 Å². The monoisotopic (exact) mass is 341 g/mol. The summed E-state index contributed by atoms with van der Waals surface area (Å²) in [4.78, 5) is 8.09. The number of halogens is 2. The molecule has 0 aliphatic heterocycles. The smallest absolute Gasteiger partial charge is 0.130 e. The summed E-state index contributed by atoms with van der Waals surface area (Å²) in [5, 5.41) is 3.23. The Morgan fingerprint density at radius 2 is 1.94 bits per heavy atom. The Hall–Kier alpha value is -0.940. The maximum absolute atomic E-state index is 4.12. The number of nitrogens with zero attached hydrogens (tertiary/aromatic N) is 2. The van der Waals surface area contributed by atoms with Gasteiger partial charge in [-0.3, -0.25) is 0 Å². The van der Waals surface area contributed by atoms with Gasteiger partial charge in [0.15, 0.2) is 0 Å². The third-order valence-corrected chi connectivity index (χ3v) is 3.26. The topological polar surface area (TPSA) is 37.8 Å². The van der Waals surface area contributed by atoms with Crippen LogP contribution in [-0.2, 0) is 6.54 Å². The van der Waals surface area contributed by atoms with Gasteiger partial charge in [0, 0.05) is 17.1 Å². The maximum atomic E-state index is 4.12. The molecule has 1 aromatic heterocycles. The van der Waals surface area contributed by atoms with Gasteiger partial charge in [-0.2, -0.15) is 0 Å². The third kappa shape index (κ3) is 3.02. The van der Waals surface area contributed by atoms with Gasteiger partial charge in [0.2, 0.25) is 0 Å². The van der Waals surface area contributed by atoms with Crippen molar-refractivity contribution in [3.63, 3.8) is 0 Å². The number of rotatable bonds is 3. The Balaban J connectivity index is 2.05. The molecule has 1 N–H and O–H groups in total. The van der Waals surface area contributed by atoms with E-state index in [1.807, 2.05) is 24.3 Å². The van der Waals surface area contributed by atoms with Gasteiger partial charge < -0.3 is 5.32 Å². The molecule has 0 saturated carbocycles. The summed E-state index contributed by atoms with van der Waals surface area (Å²) >= 11 is 6.80. The van der Waals surface area contributed by atoms with Crippen molar-refractivity contribution < 1.29 is 0 Å². The molecule has 3 nitrogen and oxygen atoms in total. The summed E-state index contributed by atoms with van der Waals surface area (Å²) in [6.07, 6.45) is 1.52. The van der Waals surface area contributed by atoms with Crippen LogP contribution in [0.3, 0.4) is 0 Å². The number of hydrogen-bond donors (Lipinski definition) is 1. The van der Waals surface area contributed by atoms with E-state index < -0.39 is 0 Å². The molecule has 0 spiro atoms. The zero-order chi connectivity index (χ0) is 11.4. The molecule has 2 aromatic rings. The molecule has 0 fully saturated rings. The summed E-state index contributed by atoms with van der Waals surface area (Å²) in [5.41, 5.74) is 1.19. The molecular weight excluding hydrogens is 334 g/mol. The first kappa shape index (κ1) is 11.5. The number of anilines is 1. The molecule has 0 aliphatic carbocycles. The molecule has 0 amide bonds. The van der Waals surface area contributed by atoms with Crippen LogP contribution in [0.15, 0.2) is 45.7 Å². The standard InChI is InChI=1S/C11H9Br2N3/c12-9-4-2-1-3-8(9)6-14-11-5-10(13)15-7-16-11/h1-5,7H,6H2,(H,14,15,16). The summed E-state index contributed by atoms with van der Waals surface area (Å²) in [6.45, 7) is 0.727. The lowest BCUT2D eigenvalue weighted by Gasteiger charge is -2.07. The van der Waals surface area contributed by atoms with Crippen LogP contribution in [0.4, 0.5) is 5.82 Å². The van der Waals surface area contributed by atoms with Crippen molar-refractivity contribution in [2.75, 3.05) is 5.32 Å². The highest BCUT2D eigenvalue weighted by Crippen LogP contribution is 2.17. The number of nitrogens with one attached hydrogen (secondary N) is 1. The molecule has 0 atom stereocenters. The van der Waals surface area contributed by atoms with Crippen molar-refractivity contribution in [3.05, 3.63) is 51.3 Å². The summed E-state index contributed by atoms with van der Waals surface area (Å²) < 4.78 is 1.87. The quantitative estimate of drug-likeness (QED) is 0.866. The van der Waals surface area contributed by atoms with E-state index in [1.54, 1.807) is 0 Å². The van der Waals surface area contributed by atoms with Crippen LogP contribution in [0, 0.1) is 0 Å². The molecular formula is C11H9Br2N3. The average Bonchev–Trinajstić information content (AvgIpc) is 2.28. The van der Waals surface area contributed by atoms with Gasteiger partial charge in [-0.25, -0.2) is 9.97 Å². The predicted molar refractivity (Wildman–Crippen MR) is 71.2 cm³/mol. The second-order valence-electron chi connectivity index (χ2n) is 3.17. The highest BCUT2D eigenvalue weighted by Gasteiger charge is 1.99. The van der Waals surface area contributed by atoms with Crippen LogP contribution in [0.5, 0.6) is 0 Å². The van der Waals surface area contributed by atoms with E-state index in [2.05, 4.69) is 53.2 Å². The van der Waals surface area contributed by atoms with E-state index in [1.165, 1.54) is 11.9 Å². The van der Waals surface area contributed by atoms with Crippen molar-refractivity contribution in [2.45, 2.75) is 6.54 Å². The van der Waals surface area contributed by atoms with Crippen molar-refractivity contribution in [1.29, 1.82) is 0 Å². The third-order valence-electron chi connectivity index (χ3n) is 2.05. The minimum Gasteiger partial charge on any atom is -0.366 e. The van der Waals surface area contributed by atoms with Gasteiger partial charge in [-0.05, 0) is 27.6 Å². The van der Waals surface area contributed by atoms with Crippen LogP contribution >= 0.6 is 31.9 Å². The van der Waals surface area contributed by atoms with E-state index in [0.717, 1.165) is 21.4 Å². The van der Waals surface area contributed by atoms with Gasteiger partial charge in [0.1, 0.15) is 16.7 Å². The van der Waals surface area contributed by atoms with Crippen molar-refractivity contribution in [1.82, 2.24) is 9.97 Å². The minimum absolute atomic E-state index is 0.727. The van der Waals surface area contributed by atoms with E-state index in [9.17, 15) is 0 Å². The Morgan fingerprint density at radius 1 is 1.12 bits per heavy atom. The van der Waals surface area contributed by atoms with E-state index in [4.69, 9.17) is 0 Å². The van der Waals surface area contributed by atoms with Crippen LogP contribution in [0.1, 0.15) is 5.56 Å². The zero-order valence-electron chi connectivity index (χ0n) is 8.32. The van der Waals surface area contributed by atoms with Crippen LogP contribution in [-0.4, -0.2) is 9.97 Å². The van der Waals surface area contributed by atoms with Gasteiger partial charge in [0.05, 0.1) is 0 Å². The predicted octanol–water partition coefficient (Wildman–Crippen LogP) is 3.61. The highest BCUT2D eigenvalue weighted by atomic mass is 79.9. The zero-order valence-corrected chi connectivity index (χ0v) is 11.5. The molecule has 2 rings (SSSR count). The van der Waals surface area contributed by atoms with Gasteiger partial charge in [-0.1, -0.05) is 34.1 Å². The summed E-state index contributed by atoms with van der Waals surface area (Å²) in [5.74, 6) is 0.803. The van der Waals surface area contributed by atoms with Crippen LogP contribution < -0.4 is 5.32 Å². The molecule has 0 radical (unpaired) electrons. The fourth-order valence-corrected chi connectivity index (χ4v) is 1.99. The first-order valence-corrected chi connectivity index (χ1v) is 6.29. The van der Waals surface area contributed by atoms with Crippen LogP contribution in [0.2, 0.25) is 0 Å². The SMILES string of the molecule is Brc1cc(NCc2ccccc2Br)ncn1. The molecule has 0 bridgehead atoms. The average molecular weight is 343 g/mol. The maximum Gasteiger partial charge on any atom is 0.130 e. The fraction of sp³-hybridized carbons (Fsp3) is 0.0909. The Kier molecular flexibility index (Phi) is 3.90. The Morgan fingerprint density at radius 3 is 2.69 bits per heavy atom. The van der Waals surface area contributed by atoms with Crippen molar-refractivity contribution in [3.8, 4) is 0 Å². The molecule has 16 heavy (non-hydrogen) atoms. The van der Waals surface area contributed by atoms with Gasteiger partial charge >= 0.3 is 0 Å². The van der Waals surface area contributed by atoms with Crippen molar-refractivity contribution >= 4 is 37.7 Å². The van der Waals surface area contributed by atoms with Crippen LogP contribution in [0.25, 0.3) is 0 Å². The van der Waals surface area contributed by atoms with Crippen molar-refractivity contribution in [2.24, 2.45) is 0 Å². The first-order valence-electron chi connectivity index (χ1n) is 4.70. The normalized spacial score (nSPS) is 10.1. The summed E-state index contributed by atoms with van der Waals surface area (Å²) in [6, 6.07) is 9.93. The fourth-order valence-electron chi connectivity index (χ4n) is 1.26. The molecule has 0 aliphatic rings. The summed E-state index contributed by atoms with van der Waals surface area (Å²) in [7, 11) is 0. The molecule has 0 unspecified atom stereocenters. The molecule has 1 heterocycles. The molecule has 82 valence electrons. The lowest BCUT2D eigenvalue weighted by atomic mass is 10.2. The number of hydrogen-bond acceptors (Lipinski definition) is 3. The lowest BCUT2D eigenvalue weighted by molar-refractivity contribution is 1.06. The number of benzene rings is 1. The van der Waals surface area contributed by atoms with E-state index in [0.29, 0.717) is 0 Å². The van der Waals surface area contributed by atoms with Gasteiger partial charge in [0.25, 0.3) is 0 Å². The minimum atomic E-state index is 0.727. The molecule has 1 aromatic carbocycles. The second-order valence-corrected chi connectivity index (χ2v) is 4.84. The second kappa shape index (κ2) is 5.41. The first-order chi connectivity index (χ1) is 7.75. The lowest BCUT2D eigenvalue weighted by Crippen LogP contribution is -2.02. The largest absolute Gasteiger partial charge is 0.366 e. The Labute approximate surface area is 111 Å². The van der Waals surface area contributed by atoms with Gasteiger partial charge in [-0.15, -0.1) is 0 Å². The highest BCUT2D eigenvalue weighted by molar-refractivity contribution is 9.10.